The summed E-state index contributed by atoms with van der Waals surface area (Å²) < 4.78 is 7.79. The first kappa shape index (κ1) is 13.0. The van der Waals surface area contributed by atoms with E-state index in [-0.39, 0.29) is 0 Å². The minimum atomic E-state index is 0.904. The van der Waals surface area contributed by atoms with Crippen LogP contribution in [0.15, 0.2) is 66.7 Å². The average molecular weight is 287 g/mol. The Bertz CT molecular complexity index is 967. The lowest BCUT2D eigenvalue weighted by molar-refractivity contribution is 0.415. The monoisotopic (exact) mass is 287 g/mol. The number of ether oxygens (including phenoxy) is 1. The number of aromatic nitrogens is 1. The van der Waals surface area contributed by atoms with Crippen molar-refractivity contribution >= 4 is 21.8 Å². The summed E-state index contributed by atoms with van der Waals surface area (Å²) in [6, 6.07) is 23.3. The number of rotatable bonds is 2. The minimum absolute atomic E-state index is 0.904. The number of hydrogen-bond donors (Lipinski definition) is 0. The molecule has 0 amide bonds. The van der Waals surface area contributed by atoms with Gasteiger partial charge in [0.25, 0.3) is 0 Å². The normalized spacial score (nSPS) is 11.2. The van der Waals surface area contributed by atoms with Crippen molar-refractivity contribution in [1.29, 1.82) is 0 Å². The van der Waals surface area contributed by atoms with Crippen molar-refractivity contribution < 1.29 is 4.74 Å². The molecule has 0 saturated carbocycles. The number of benzene rings is 3. The van der Waals surface area contributed by atoms with Gasteiger partial charge in [0.05, 0.1) is 18.1 Å². The average Bonchev–Trinajstić information content (AvgIpc) is 2.91. The van der Waals surface area contributed by atoms with Gasteiger partial charge >= 0.3 is 0 Å². The summed E-state index contributed by atoms with van der Waals surface area (Å²) in [5.41, 5.74) is 4.87. The molecule has 0 radical (unpaired) electrons. The number of hydrogen-bond acceptors (Lipinski definition) is 1. The fourth-order valence-electron chi connectivity index (χ4n) is 3.23. The quantitative estimate of drug-likeness (QED) is 0.500. The molecule has 1 heterocycles. The summed E-state index contributed by atoms with van der Waals surface area (Å²) in [7, 11) is 1.72. The van der Waals surface area contributed by atoms with Gasteiger partial charge in [0.15, 0.2) is 0 Å². The molecule has 0 atom stereocenters. The number of fused-ring (bicyclic) bond motifs is 3. The Kier molecular flexibility index (Phi) is 2.90. The number of nitrogens with zero attached hydrogens (tertiary/aromatic N) is 1. The highest BCUT2D eigenvalue weighted by molar-refractivity contribution is 6.10. The van der Waals surface area contributed by atoms with E-state index in [1.807, 2.05) is 6.07 Å². The molecule has 1 aromatic heterocycles. The zero-order valence-electron chi connectivity index (χ0n) is 12.7. The van der Waals surface area contributed by atoms with Crippen molar-refractivity contribution in [3.8, 4) is 11.4 Å². The first-order valence-corrected chi connectivity index (χ1v) is 7.43. The van der Waals surface area contributed by atoms with Gasteiger partial charge in [-0.2, -0.15) is 0 Å². The molecule has 0 aliphatic heterocycles. The van der Waals surface area contributed by atoms with Crippen molar-refractivity contribution in [3.63, 3.8) is 0 Å². The molecule has 3 aromatic carbocycles. The van der Waals surface area contributed by atoms with Crippen LogP contribution in [-0.2, 0) is 0 Å². The summed E-state index contributed by atoms with van der Waals surface area (Å²) in [5, 5.41) is 2.49. The molecule has 2 nitrogen and oxygen atoms in total. The highest BCUT2D eigenvalue weighted by atomic mass is 16.5. The Labute approximate surface area is 129 Å². The smallest absolute Gasteiger partial charge is 0.119 e. The van der Waals surface area contributed by atoms with E-state index in [4.69, 9.17) is 4.74 Å². The van der Waals surface area contributed by atoms with Crippen LogP contribution in [-0.4, -0.2) is 11.7 Å². The first-order valence-electron chi connectivity index (χ1n) is 7.43. The summed E-state index contributed by atoms with van der Waals surface area (Å²) in [4.78, 5) is 0. The summed E-state index contributed by atoms with van der Waals surface area (Å²) in [6.45, 7) is 2.14. The van der Waals surface area contributed by atoms with Gasteiger partial charge in [-0.05, 0) is 42.8 Å². The summed E-state index contributed by atoms with van der Waals surface area (Å²) in [6.07, 6.45) is 0. The predicted molar refractivity (Wildman–Crippen MR) is 92.1 cm³/mol. The molecular weight excluding hydrogens is 270 g/mol. The second kappa shape index (κ2) is 4.92. The maximum atomic E-state index is 5.46. The van der Waals surface area contributed by atoms with E-state index in [1.165, 1.54) is 33.1 Å². The van der Waals surface area contributed by atoms with Crippen LogP contribution in [0.5, 0.6) is 5.75 Å². The van der Waals surface area contributed by atoms with Crippen LogP contribution in [0, 0.1) is 6.92 Å². The molecule has 0 fully saturated rings. The molecule has 22 heavy (non-hydrogen) atoms. The van der Waals surface area contributed by atoms with Crippen molar-refractivity contribution in [3.05, 3.63) is 72.3 Å². The van der Waals surface area contributed by atoms with Gasteiger partial charge in [-0.1, -0.05) is 36.4 Å². The van der Waals surface area contributed by atoms with Crippen LogP contribution in [0.3, 0.4) is 0 Å². The molecule has 0 spiro atoms. The van der Waals surface area contributed by atoms with Gasteiger partial charge in [0.1, 0.15) is 5.75 Å². The SMILES string of the molecule is COc1cc(C)c2c(c1)c1ccccc1n2-c1ccccc1. The summed E-state index contributed by atoms with van der Waals surface area (Å²) in [5.74, 6) is 0.904. The van der Waals surface area contributed by atoms with Crippen LogP contribution in [0.1, 0.15) is 5.56 Å². The standard InChI is InChI=1S/C20H17NO/c1-14-12-16(22-2)13-18-17-10-6-7-11-19(17)21(20(14)18)15-8-4-3-5-9-15/h3-13H,1-2H3. The van der Waals surface area contributed by atoms with Crippen molar-refractivity contribution in [2.24, 2.45) is 0 Å². The van der Waals surface area contributed by atoms with Crippen molar-refractivity contribution in [2.45, 2.75) is 6.92 Å². The third-order valence-corrected chi connectivity index (χ3v) is 4.18. The molecule has 2 heteroatoms. The van der Waals surface area contributed by atoms with Gasteiger partial charge in [0.2, 0.25) is 0 Å². The molecule has 0 N–H and O–H groups in total. The van der Waals surface area contributed by atoms with Crippen LogP contribution in [0.25, 0.3) is 27.5 Å². The van der Waals surface area contributed by atoms with Gasteiger partial charge in [-0.15, -0.1) is 0 Å². The van der Waals surface area contributed by atoms with Crippen LogP contribution >= 0.6 is 0 Å². The third-order valence-electron chi connectivity index (χ3n) is 4.18. The topological polar surface area (TPSA) is 14.2 Å². The first-order chi connectivity index (χ1) is 10.8. The van der Waals surface area contributed by atoms with E-state index in [1.54, 1.807) is 7.11 Å². The Balaban J connectivity index is 2.23. The molecule has 0 aliphatic rings. The van der Waals surface area contributed by atoms with Crippen molar-refractivity contribution in [2.75, 3.05) is 7.11 Å². The van der Waals surface area contributed by atoms with E-state index in [0.29, 0.717) is 0 Å². The van der Waals surface area contributed by atoms with Crippen LogP contribution in [0.2, 0.25) is 0 Å². The number of aryl methyl sites for hydroxylation is 1. The zero-order chi connectivity index (χ0) is 15.1. The molecule has 4 rings (SSSR count). The molecule has 0 saturated heterocycles. The van der Waals surface area contributed by atoms with E-state index in [2.05, 4.69) is 72.2 Å². The molecule has 4 aromatic rings. The highest BCUT2D eigenvalue weighted by Crippen LogP contribution is 2.36. The van der Waals surface area contributed by atoms with E-state index in [9.17, 15) is 0 Å². The minimum Gasteiger partial charge on any atom is -0.497 e. The molecule has 0 unspecified atom stereocenters. The fourth-order valence-corrected chi connectivity index (χ4v) is 3.23. The third kappa shape index (κ3) is 1.81. The van der Waals surface area contributed by atoms with Gasteiger partial charge in [-0.3, -0.25) is 0 Å². The summed E-state index contributed by atoms with van der Waals surface area (Å²) >= 11 is 0. The van der Waals surface area contributed by atoms with E-state index in [0.717, 1.165) is 5.75 Å². The Hall–Kier alpha value is -2.74. The number of para-hydroxylation sites is 2. The molecule has 108 valence electrons. The Morgan fingerprint density at radius 1 is 0.818 bits per heavy atom. The lowest BCUT2D eigenvalue weighted by Gasteiger charge is -2.10. The van der Waals surface area contributed by atoms with E-state index >= 15 is 0 Å². The maximum absolute atomic E-state index is 5.46. The van der Waals surface area contributed by atoms with Gasteiger partial charge in [-0.25, -0.2) is 0 Å². The Morgan fingerprint density at radius 2 is 1.55 bits per heavy atom. The lowest BCUT2D eigenvalue weighted by Crippen LogP contribution is -1.95. The number of methoxy groups -OCH3 is 1. The lowest BCUT2D eigenvalue weighted by atomic mass is 10.1. The molecular formula is C20H17NO. The van der Waals surface area contributed by atoms with Gasteiger partial charge < -0.3 is 9.30 Å². The second-order valence-corrected chi connectivity index (χ2v) is 5.53. The zero-order valence-corrected chi connectivity index (χ0v) is 12.7. The van der Waals surface area contributed by atoms with Gasteiger partial charge in [0, 0.05) is 16.5 Å². The van der Waals surface area contributed by atoms with Crippen molar-refractivity contribution in [1.82, 2.24) is 4.57 Å². The fraction of sp³-hybridized carbons (Fsp3) is 0.100. The predicted octanol–water partition coefficient (Wildman–Crippen LogP) is 5.10. The highest BCUT2D eigenvalue weighted by Gasteiger charge is 2.14. The van der Waals surface area contributed by atoms with Crippen LogP contribution in [0.4, 0.5) is 0 Å². The Morgan fingerprint density at radius 3 is 2.32 bits per heavy atom. The molecule has 0 bridgehead atoms. The largest absolute Gasteiger partial charge is 0.497 e. The second-order valence-electron chi connectivity index (χ2n) is 5.53. The molecule has 0 aliphatic carbocycles. The maximum Gasteiger partial charge on any atom is 0.119 e. The van der Waals surface area contributed by atoms with Crippen LogP contribution < -0.4 is 4.74 Å². The van der Waals surface area contributed by atoms with E-state index < -0.39 is 0 Å².